The zero-order chi connectivity index (χ0) is 7.15. The topological polar surface area (TPSA) is 115 Å². The second-order valence-corrected chi connectivity index (χ2v) is 1.70. The van der Waals surface area contributed by atoms with E-state index in [2.05, 4.69) is 0 Å². The fraction of sp³-hybridized carbons (Fsp3) is 0. The van der Waals surface area contributed by atoms with Gasteiger partial charge in [0.05, 0.1) is 0 Å². The van der Waals surface area contributed by atoms with Gasteiger partial charge in [0.2, 0.25) is 0 Å². The summed E-state index contributed by atoms with van der Waals surface area (Å²) in [7, 11) is -6.26. The van der Waals surface area contributed by atoms with Crippen molar-refractivity contribution in [2.24, 2.45) is 0 Å². The van der Waals surface area contributed by atoms with Crippen LogP contribution in [0.4, 0.5) is 0 Å². The first-order valence-corrected chi connectivity index (χ1v) is 3.91. The van der Waals surface area contributed by atoms with Crippen LogP contribution in [0.25, 0.3) is 0 Å². The Bertz CT molecular complexity index is 83.9. The van der Waals surface area contributed by atoms with Gasteiger partial charge in [0, 0.05) is 0 Å². The van der Waals surface area contributed by atoms with Crippen LogP contribution in [-0.2, 0) is 8.92 Å². The van der Waals surface area contributed by atoms with E-state index in [9.17, 15) is 0 Å². The van der Waals surface area contributed by atoms with Crippen molar-refractivity contribution in [3.63, 3.8) is 0 Å². The molecule has 10 heteroatoms. The third-order valence-corrected chi connectivity index (χ3v) is 0. The fourth-order valence-corrected chi connectivity index (χ4v) is 0. The van der Waals surface area contributed by atoms with Gasteiger partial charge in [-0.05, 0) is 0 Å². The molecule has 0 aromatic carbocycles. The number of hydrogen-bond acceptors (Lipinski definition) is 2. The summed E-state index contributed by atoms with van der Waals surface area (Å²) in [5.74, 6) is 0. The van der Waals surface area contributed by atoms with Crippen molar-refractivity contribution < 1.29 is 51.2 Å². The molecule has 0 aliphatic heterocycles. The van der Waals surface area contributed by atoms with E-state index in [-0.39, 0.29) is 60.9 Å². The molecule has 6 nitrogen and oxygen atoms in total. The van der Waals surface area contributed by atoms with Crippen molar-refractivity contribution >= 4 is 56.1 Å². The van der Waals surface area contributed by atoms with Crippen LogP contribution < -0.4 is 18.9 Å². The van der Waals surface area contributed by atoms with Gasteiger partial charge in [0.25, 0.3) is 0 Å². The van der Waals surface area contributed by atoms with E-state index in [0.29, 0.717) is 0 Å². The molecule has 0 aliphatic rings. The smallest absolute Gasteiger partial charge is 1.00 e. The first-order chi connectivity index (χ1) is 3.46. The molecule has 0 saturated carbocycles. The van der Waals surface area contributed by atoms with Crippen molar-refractivity contribution in [1.82, 2.24) is 0 Å². The molecule has 0 spiro atoms. The molecular formula is H7CaLiO6Si2. The van der Waals surface area contributed by atoms with Gasteiger partial charge in [-0.25, -0.2) is 0 Å². The van der Waals surface area contributed by atoms with Crippen LogP contribution in [0.3, 0.4) is 0 Å². The molecule has 0 rings (SSSR count). The van der Waals surface area contributed by atoms with Gasteiger partial charge in [-0.2, -0.15) is 0 Å². The second-order valence-electron chi connectivity index (χ2n) is 0.565. The Morgan fingerprint density at radius 3 is 0.900 bits per heavy atom. The Kier molecular flexibility index (Phi) is 37.3. The monoisotopic (exact) mass is 206 g/mol. The van der Waals surface area contributed by atoms with Gasteiger partial charge in [0.15, 0.2) is 0 Å². The molecule has 0 aliphatic carbocycles. The Morgan fingerprint density at radius 1 is 0.900 bits per heavy atom. The summed E-state index contributed by atoms with van der Waals surface area (Å²) in [6, 6.07) is 0. The van der Waals surface area contributed by atoms with Gasteiger partial charge < -0.3 is 23.5 Å². The fourth-order valence-electron chi connectivity index (χ4n) is 0. The molecule has 0 atom stereocenters. The van der Waals surface area contributed by atoms with Gasteiger partial charge >= 0.3 is 74.9 Å². The van der Waals surface area contributed by atoms with Crippen molar-refractivity contribution in [3.8, 4) is 0 Å². The van der Waals surface area contributed by atoms with Gasteiger partial charge in [0.1, 0.15) is 0 Å². The zero-order valence-corrected chi connectivity index (χ0v) is 9.52. The molecular weight excluding hydrogens is 199 g/mol. The number of hydrogen-bond donors (Lipinski definition) is 4. The summed E-state index contributed by atoms with van der Waals surface area (Å²) in [5.41, 5.74) is 0. The molecule has 0 aromatic heterocycles. The maximum absolute atomic E-state index is 8.74. The Hall–Kier alpha value is 1.09. The van der Waals surface area contributed by atoms with E-state index in [1.807, 2.05) is 0 Å². The summed E-state index contributed by atoms with van der Waals surface area (Å²) < 4.78 is 17.5. The minimum atomic E-state index is -3.13. The standard InChI is InChI=1S/Ca.Li.2H2O3Si.3H/c;;2*1-4(2)3;;;/h;;2*1-2H;;;/q+2;+1;;;3*-1. The number of rotatable bonds is 0. The maximum atomic E-state index is 8.74. The molecule has 0 radical (unpaired) electrons. The molecule has 10 heavy (non-hydrogen) atoms. The maximum Gasteiger partial charge on any atom is 2.00 e. The molecule has 0 amide bonds. The Labute approximate surface area is 106 Å². The molecule has 0 fully saturated rings. The molecule has 4 N–H and O–H groups in total. The van der Waals surface area contributed by atoms with Crippen LogP contribution >= 0.6 is 0 Å². The normalized spacial score (nSPS) is 4.80. The van der Waals surface area contributed by atoms with E-state index in [4.69, 9.17) is 28.1 Å². The van der Waals surface area contributed by atoms with E-state index < -0.39 is 18.3 Å². The molecule has 0 saturated heterocycles. The SMILES string of the molecule is O=[Si](O)O.O=[Si](O)O.[Ca+2].[H-].[H-].[H-].[Li+]. The third kappa shape index (κ3) is 500. The summed E-state index contributed by atoms with van der Waals surface area (Å²) in [6.07, 6.45) is 0. The molecule has 0 unspecified atom stereocenters. The van der Waals surface area contributed by atoms with Crippen LogP contribution in [0.5, 0.6) is 0 Å². The van der Waals surface area contributed by atoms with Crippen molar-refractivity contribution in [1.29, 1.82) is 0 Å². The summed E-state index contributed by atoms with van der Waals surface area (Å²) in [4.78, 5) is 28.6. The average Bonchev–Trinajstić information content (AvgIpc) is 1.25. The first kappa shape index (κ1) is 22.5. The van der Waals surface area contributed by atoms with Crippen molar-refractivity contribution in [2.75, 3.05) is 0 Å². The van der Waals surface area contributed by atoms with Crippen LogP contribution in [0.1, 0.15) is 4.28 Å². The first-order valence-electron chi connectivity index (χ1n) is 1.30. The Morgan fingerprint density at radius 2 is 0.900 bits per heavy atom. The van der Waals surface area contributed by atoms with E-state index in [1.54, 1.807) is 0 Å². The van der Waals surface area contributed by atoms with Gasteiger partial charge in [-0.1, -0.05) is 0 Å². The van der Waals surface area contributed by atoms with Crippen LogP contribution in [0.2, 0.25) is 0 Å². The predicted octanol–water partition coefficient (Wildman–Crippen LogP) is -6.27. The quantitative estimate of drug-likeness (QED) is 0.293. The molecule has 0 bridgehead atoms. The van der Waals surface area contributed by atoms with Crippen molar-refractivity contribution in [2.45, 2.75) is 0 Å². The largest absolute Gasteiger partial charge is 2.00 e. The molecule has 0 heterocycles. The minimum Gasteiger partial charge on any atom is -1.00 e. The average molecular weight is 206 g/mol. The molecule has 0 aromatic rings. The van der Waals surface area contributed by atoms with E-state index in [0.717, 1.165) is 0 Å². The van der Waals surface area contributed by atoms with Crippen molar-refractivity contribution in [3.05, 3.63) is 0 Å². The van der Waals surface area contributed by atoms with Gasteiger partial charge in [-0.3, -0.25) is 8.92 Å². The predicted molar refractivity (Wildman–Crippen MR) is 30.8 cm³/mol. The summed E-state index contributed by atoms with van der Waals surface area (Å²) in [6.45, 7) is 0. The third-order valence-electron chi connectivity index (χ3n) is 0. The van der Waals surface area contributed by atoms with Crippen LogP contribution in [0.15, 0.2) is 0 Å². The van der Waals surface area contributed by atoms with E-state index >= 15 is 0 Å². The van der Waals surface area contributed by atoms with Gasteiger partial charge in [-0.15, -0.1) is 0 Å². The Balaban J connectivity index is -0.00000000800. The van der Waals surface area contributed by atoms with E-state index in [1.165, 1.54) is 0 Å². The van der Waals surface area contributed by atoms with Crippen LogP contribution in [0, 0.1) is 0 Å². The molecule has 54 valence electrons. The minimum absolute atomic E-state index is 0. The summed E-state index contributed by atoms with van der Waals surface area (Å²) in [5, 5.41) is 0. The zero-order valence-electron chi connectivity index (χ0n) is 8.31. The second kappa shape index (κ2) is 16.6. The summed E-state index contributed by atoms with van der Waals surface area (Å²) >= 11 is 0. The van der Waals surface area contributed by atoms with Crippen LogP contribution in [-0.4, -0.2) is 75.3 Å².